The summed E-state index contributed by atoms with van der Waals surface area (Å²) in [4.78, 5) is 23.5. The molecule has 0 spiro atoms. The second-order valence-corrected chi connectivity index (χ2v) is 5.51. The maximum absolute atomic E-state index is 12.8. The molecule has 7 heteroatoms. The van der Waals surface area contributed by atoms with Gasteiger partial charge in [-0.1, -0.05) is 18.7 Å². The van der Waals surface area contributed by atoms with Gasteiger partial charge in [0.2, 0.25) is 0 Å². The second-order valence-electron chi connectivity index (χ2n) is 5.51. The van der Waals surface area contributed by atoms with Gasteiger partial charge in [0, 0.05) is 11.8 Å². The highest BCUT2D eigenvalue weighted by atomic mass is 19.1. The number of benzene rings is 2. The minimum Gasteiger partial charge on any atom is -0.493 e. The van der Waals surface area contributed by atoms with Crippen LogP contribution in [0.2, 0.25) is 0 Å². The van der Waals surface area contributed by atoms with Crippen molar-refractivity contribution >= 4 is 23.6 Å². The fourth-order valence-electron chi connectivity index (χ4n) is 2.14. The molecule has 0 saturated carbocycles. The Kier molecular flexibility index (Phi) is 7.77. The molecule has 2 aromatic carbocycles. The largest absolute Gasteiger partial charge is 0.493 e. The molecule has 0 aromatic heterocycles. The molecule has 1 N–H and O–H groups in total. The number of ether oxygens (including phenoxy) is 3. The number of nitrogens with one attached hydrogen (secondary N) is 1. The molecule has 0 atom stereocenters. The molecule has 0 heterocycles. The number of carbonyl (C=O) groups is 2. The highest BCUT2D eigenvalue weighted by molar-refractivity contribution is 5.94. The number of rotatable bonds is 9. The number of amides is 1. The number of hydrogen-bond acceptors (Lipinski definition) is 5. The summed E-state index contributed by atoms with van der Waals surface area (Å²) >= 11 is 0. The van der Waals surface area contributed by atoms with Crippen molar-refractivity contribution in [2.24, 2.45) is 0 Å². The molecular formula is C21H20FNO5. The minimum absolute atomic E-state index is 0.345. The summed E-state index contributed by atoms with van der Waals surface area (Å²) in [5.74, 6) is -0.555. The first-order chi connectivity index (χ1) is 13.5. The van der Waals surface area contributed by atoms with Crippen LogP contribution in [0.1, 0.15) is 5.56 Å². The molecular weight excluding hydrogens is 365 g/mol. The molecule has 0 aliphatic heterocycles. The molecule has 0 bridgehead atoms. The third-order valence-electron chi connectivity index (χ3n) is 3.43. The Balaban J connectivity index is 1.86. The van der Waals surface area contributed by atoms with Crippen molar-refractivity contribution in [3.05, 3.63) is 72.6 Å². The van der Waals surface area contributed by atoms with Crippen LogP contribution in [0.4, 0.5) is 10.1 Å². The molecule has 0 fully saturated rings. The molecule has 146 valence electrons. The molecule has 0 aliphatic rings. The number of esters is 1. The van der Waals surface area contributed by atoms with E-state index < -0.39 is 24.3 Å². The van der Waals surface area contributed by atoms with E-state index in [-0.39, 0.29) is 0 Å². The van der Waals surface area contributed by atoms with Gasteiger partial charge in [-0.3, -0.25) is 4.79 Å². The lowest BCUT2D eigenvalue weighted by Gasteiger charge is -2.09. The Morgan fingerprint density at radius 2 is 1.89 bits per heavy atom. The topological polar surface area (TPSA) is 73.9 Å². The number of hydrogen-bond donors (Lipinski definition) is 1. The minimum atomic E-state index is -0.680. The normalized spacial score (nSPS) is 10.4. The summed E-state index contributed by atoms with van der Waals surface area (Å²) < 4.78 is 28.4. The van der Waals surface area contributed by atoms with Gasteiger partial charge in [0.1, 0.15) is 12.4 Å². The van der Waals surface area contributed by atoms with Gasteiger partial charge in [0.05, 0.1) is 7.11 Å². The van der Waals surface area contributed by atoms with Gasteiger partial charge in [-0.05, 0) is 48.0 Å². The third kappa shape index (κ3) is 6.60. The molecule has 0 aliphatic carbocycles. The SMILES string of the molecule is C=CCOc1ccc(/C=C/C(=O)OCC(=O)Nc2ccc(F)cc2)cc1OC. The van der Waals surface area contributed by atoms with E-state index in [0.717, 1.165) is 0 Å². The van der Waals surface area contributed by atoms with Crippen LogP contribution < -0.4 is 14.8 Å². The van der Waals surface area contributed by atoms with Gasteiger partial charge >= 0.3 is 5.97 Å². The van der Waals surface area contributed by atoms with E-state index in [2.05, 4.69) is 11.9 Å². The van der Waals surface area contributed by atoms with Crippen molar-refractivity contribution in [1.82, 2.24) is 0 Å². The molecule has 2 rings (SSSR count). The van der Waals surface area contributed by atoms with E-state index in [1.807, 2.05) is 0 Å². The average Bonchev–Trinajstić information content (AvgIpc) is 2.71. The number of halogens is 1. The first-order valence-corrected chi connectivity index (χ1v) is 8.34. The van der Waals surface area contributed by atoms with E-state index >= 15 is 0 Å². The van der Waals surface area contributed by atoms with Crippen molar-refractivity contribution < 1.29 is 28.2 Å². The summed E-state index contributed by atoms with van der Waals surface area (Å²) in [6.45, 7) is 3.47. The van der Waals surface area contributed by atoms with Crippen molar-refractivity contribution in [2.75, 3.05) is 25.6 Å². The summed E-state index contributed by atoms with van der Waals surface area (Å²) in [7, 11) is 1.51. The van der Waals surface area contributed by atoms with Crippen molar-refractivity contribution in [1.29, 1.82) is 0 Å². The lowest BCUT2D eigenvalue weighted by molar-refractivity contribution is -0.142. The predicted octanol–water partition coefficient (Wildman–Crippen LogP) is 3.59. The fraction of sp³-hybridized carbons (Fsp3) is 0.143. The molecule has 0 radical (unpaired) electrons. The Bertz CT molecular complexity index is 862. The Hall–Kier alpha value is -3.61. The predicted molar refractivity (Wildman–Crippen MR) is 104 cm³/mol. The van der Waals surface area contributed by atoms with Crippen LogP contribution in [0.25, 0.3) is 6.08 Å². The van der Waals surface area contributed by atoms with Crippen LogP contribution in [0, 0.1) is 5.82 Å². The Labute approximate surface area is 162 Å². The van der Waals surface area contributed by atoms with Crippen molar-refractivity contribution in [3.63, 3.8) is 0 Å². The van der Waals surface area contributed by atoms with E-state index in [9.17, 15) is 14.0 Å². The fourth-order valence-corrected chi connectivity index (χ4v) is 2.14. The summed E-state index contributed by atoms with van der Waals surface area (Å²) in [5.41, 5.74) is 1.10. The van der Waals surface area contributed by atoms with Crippen molar-refractivity contribution in [2.45, 2.75) is 0 Å². The van der Waals surface area contributed by atoms with Gasteiger partial charge < -0.3 is 19.5 Å². The van der Waals surface area contributed by atoms with Gasteiger partial charge in [-0.15, -0.1) is 0 Å². The van der Waals surface area contributed by atoms with Crippen LogP contribution in [0.5, 0.6) is 11.5 Å². The van der Waals surface area contributed by atoms with E-state index in [4.69, 9.17) is 14.2 Å². The number of methoxy groups -OCH3 is 1. The van der Waals surface area contributed by atoms with Gasteiger partial charge in [0.25, 0.3) is 5.91 Å². The van der Waals surface area contributed by atoms with E-state index in [1.165, 1.54) is 43.5 Å². The highest BCUT2D eigenvalue weighted by Gasteiger charge is 2.07. The lowest BCUT2D eigenvalue weighted by Crippen LogP contribution is -2.20. The monoisotopic (exact) mass is 385 g/mol. The molecule has 2 aromatic rings. The molecule has 1 amide bonds. The smallest absolute Gasteiger partial charge is 0.331 e. The summed E-state index contributed by atoms with van der Waals surface area (Å²) in [6.07, 6.45) is 4.35. The summed E-state index contributed by atoms with van der Waals surface area (Å²) in [5, 5.41) is 2.49. The van der Waals surface area contributed by atoms with Crippen LogP contribution in [0.3, 0.4) is 0 Å². The lowest BCUT2D eigenvalue weighted by atomic mass is 10.2. The third-order valence-corrected chi connectivity index (χ3v) is 3.43. The maximum atomic E-state index is 12.8. The standard InChI is InChI=1S/C21H20FNO5/c1-3-12-27-18-10-4-15(13-19(18)26-2)5-11-21(25)28-14-20(24)23-17-8-6-16(22)7-9-17/h3-11,13H,1,12,14H2,2H3,(H,23,24)/b11-5+. The van der Waals surface area contributed by atoms with Crippen LogP contribution in [0.15, 0.2) is 61.2 Å². The van der Waals surface area contributed by atoms with Crippen LogP contribution >= 0.6 is 0 Å². The zero-order chi connectivity index (χ0) is 20.4. The highest BCUT2D eigenvalue weighted by Crippen LogP contribution is 2.28. The van der Waals surface area contributed by atoms with Crippen LogP contribution in [-0.2, 0) is 14.3 Å². The zero-order valence-electron chi connectivity index (χ0n) is 15.3. The molecule has 0 saturated heterocycles. The van der Waals surface area contributed by atoms with E-state index in [0.29, 0.717) is 29.4 Å². The first-order valence-electron chi connectivity index (χ1n) is 8.34. The Morgan fingerprint density at radius 1 is 1.14 bits per heavy atom. The first kappa shape index (κ1) is 20.7. The Morgan fingerprint density at radius 3 is 2.57 bits per heavy atom. The van der Waals surface area contributed by atoms with Crippen LogP contribution in [-0.4, -0.2) is 32.2 Å². The average molecular weight is 385 g/mol. The van der Waals surface area contributed by atoms with Gasteiger partial charge in [-0.2, -0.15) is 0 Å². The summed E-state index contributed by atoms with van der Waals surface area (Å²) in [6, 6.07) is 10.4. The molecule has 0 unspecified atom stereocenters. The second kappa shape index (κ2) is 10.5. The maximum Gasteiger partial charge on any atom is 0.331 e. The zero-order valence-corrected chi connectivity index (χ0v) is 15.3. The van der Waals surface area contributed by atoms with Gasteiger partial charge in [-0.25, -0.2) is 9.18 Å². The van der Waals surface area contributed by atoms with Crippen molar-refractivity contribution in [3.8, 4) is 11.5 Å². The number of anilines is 1. The molecule has 28 heavy (non-hydrogen) atoms. The van der Waals surface area contributed by atoms with Gasteiger partial charge in [0.15, 0.2) is 18.1 Å². The number of carbonyl (C=O) groups excluding carboxylic acids is 2. The quantitative estimate of drug-likeness (QED) is 0.406. The van der Waals surface area contributed by atoms with E-state index in [1.54, 1.807) is 24.3 Å². The molecule has 6 nitrogen and oxygen atoms in total.